The van der Waals surface area contributed by atoms with Crippen molar-refractivity contribution in [3.05, 3.63) is 129 Å². The molecule has 10 nitrogen and oxygen atoms in total. The predicted octanol–water partition coefficient (Wildman–Crippen LogP) is 1.65. The Bertz CT molecular complexity index is 1610. The number of para-hydroxylation sites is 2. The number of hydrogen-bond donors (Lipinski definition) is 4. The second kappa shape index (κ2) is 11.9. The first-order valence-corrected chi connectivity index (χ1v) is 15.7. The number of nitrogens with one attached hydrogen (secondary N) is 1. The van der Waals surface area contributed by atoms with Gasteiger partial charge in [-0.05, 0) is 0 Å². The van der Waals surface area contributed by atoms with Gasteiger partial charge >= 0.3 is 249 Å². The molecule has 0 radical (unpaired) electrons. The van der Waals surface area contributed by atoms with E-state index in [0.29, 0.717) is 28.2 Å². The molecule has 0 spiro atoms. The molecule has 0 saturated carbocycles. The normalized spacial score (nSPS) is 23.0. The molecule has 2 heterocycles. The molecule has 1 unspecified atom stereocenters. The van der Waals surface area contributed by atoms with Gasteiger partial charge in [-0.15, -0.1) is 0 Å². The maximum atomic E-state index is 12.8. The molecule has 220 valence electrons. The molecule has 1 saturated heterocycles. The number of ether oxygens (including phenoxy) is 3. The third kappa shape index (κ3) is 4.68. The minimum absolute atomic E-state index is 0.460. The molecular weight excluding hydrogens is 607 g/mol. The summed E-state index contributed by atoms with van der Waals surface area (Å²) >= 11 is -0.703. The molecular formula is C31H32N2O8Se. The summed E-state index contributed by atoms with van der Waals surface area (Å²) in [6, 6.07) is 24.8. The number of methoxy groups -OCH3 is 2. The number of aliphatic hydroxyl groups excluding tert-OH is 2. The van der Waals surface area contributed by atoms with Crippen LogP contribution in [-0.2, 0) is 10.2 Å². The van der Waals surface area contributed by atoms with Crippen LogP contribution in [0.3, 0.4) is 0 Å². The van der Waals surface area contributed by atoms with Crippen molar-refractivity contribution in [2.45, 2.75) is 40.3 Å². The Morgan fingerprint density at radius 1 is 0.929 bits per heavy atom. The number of aromatic amines is 1. The van der Waals surface area contributed by atoms with Gasteiger partial charge in [0, 0.05) is 0 Å². The van der Waals surface area contributed by atoms with Crippen molar-refractivity contribution in [3.63, 3.8) is 0 Å². The molecule has 1 aliphatic heterocycles. The summed E-state index contributed by atoms with van der Waals surface area (Å²) in [4.78, 5) is 26.7. The summed E-state index contributed by atoms with van der Waals surface area (Å²) in [5.74, 6) is 2.62. The Kier molecular flexibility index (Phi) is 8.43. The van der Waals surface area contributed by atoms with E-state index in [4.69, 9.17) is 14.2 Å². The minimum atomic E-state index is -1.94. The summed E-state index contributed by atoms with van der Waals surface area (Å²) in [5.41, 5.74) is -1.16. The van der Waals surface area contributed by atoms with Crippen molar-refractivity contribution in [2.24, 2.45) is 0 Å². The average molecular weight is 640 g/mol. The number of H-pyrrole nitrogens is 1. The number of hydrogen-bond acceptors (Lipinski definition) is 8. The zero-order chi connectivity index (χ0) is 30.1. The van der Waals surface area contributed by atoms with E-state index in [2.05, 4.69) is 4.98 Å². The molecule has 0 amide bonds. The van der Waals surface area contributed by atoms with Crippen LogP contribution in [0.5, 0.6) is 11.5 Å². The van der Waals surface area contributed by atoms with E-state index in [9.17, 15) is 24.9 Å². The Morgan fingerprint density at radius 3 is 2.00 bits per heavy atom. The number of nitrogens with zero attached hydrogens (tertiary/aromatic N) is 1. The Labute approximate surface area is 248 Å². The molecule has 42 heavy (non-hydrogen) atoms. The van der Waals surface area contributed by atoms with Gasteiger partial charge in [0.15, 0.2) is 0 Å². The quantitative estimate of drug-likeness (QED) is 0.160. The van der Waals surface area contributed by atoms with Crippen molar-refractivity contribution < 1.29 is 29.5 Å². The van der Waals surface area contributed by atoms with Crippen molar-refractivity contribution in [1.82, 2.24) is 9.55 Å². The zero-order valence-electron chi connectivity index (χ0n) is 23.2. The van der Waals surface area contributed by atoms with Crippen LogP contribution in [0.1, 0.15) is 22.9 Å². The van der Waals surface area contributed by atoms with E-state index in [0.717, 1.165) is 10.6 Å². The fourth-order valence-corrected chi connectivity index (χ4v) is 7.45. The van der Waals surface area contributed by atoms with Crippen LogP contribution >= 0.6 is 0 Å². The van der Waals surface area contributed by atoms with Crippen molar-refractivity contribution >= 4 is 15.0 Å². The van der Waals surface area contributed by atoms with Gasteiger partial charge in [-0.2, -0.15) is 0 Å². The Morgan fingerprint density at radius 2 is 1.48 bits per heavy atom. The number of rotatable bonds is 9. The van der Waals surface area contributed by atoms with Gasteiger partial charge in [-0.1, -0.05) is 0 Å². The first kappa shape index (κ1) is 29.8. The number of aromatic nitrogens is 2. The maximum absolute atomic E-state index is 12.8. The van der Waals surface area contributed by atoms with Gasteiger partial charge in [-0.25, -0.2) is 0 Å². The Hall–Kier alpha value is -3.70. The molecule has 4 aromatic rings. The number of benzene rings is 3. The van der Waals surface area contributed by atoms with E-state index in [1.165, 1.54) is 20.4 Å². The van der Waals surface area contributed by atoms with Gasteiger partial charge in [0.25, 0.3) is 0 Å². The SMILES string of the molecule is COc1ccccc1C(c1ccccc1)(c1ccccc1OC)C(O)[C@H]1O[C@@H](n2ccc(=O)[nH]c2=O)[C@@](O)([Se]C)[C@@H]1O. The molecule has 3 aromatic carbocycles. The molecule has 1 aromatic heterocycles. The van der Waals surface area contributed by atoms with E-state index in [-0.39, 0.29) is 0 Å². The van der Waals surface area contributed by atoms with Gasteiger partial charge in [0.05, 0.1) is 0 Å². The summed E-state index contributed by atoms with van der Waals surface area (Å²) < 4.78 is 17.0. The summed E-state index contributed by atoms with van der Waals surface area (Å²) in [6.45, 7) is 0. The third-order valence-corrected chi connectivity index (χ3v) is 10.2. The van der Waals surface area contributed by atoms with Gasteiger partial charge < -0.3 is 0 Å². The first-order valence-electron chi connectivity index (χ1n) is 13.2. The van der Waals surface area contributed by atoms with E-state index in [1.54, 1.807) is 18.0 Å². The van der Waals surface area contributed by atoms with Crippen LogP contribution in [0.4, 0.5) is 0 Å². The molecule has 11 heteroatoms. The van der Waals surface area contributed by atoms with Crippen LogP contribution in [0, 0.1) is 0 Å². The van der Waals surface area contributed by atoms with Gasteiger partial charge in [0.1, 0.15) is 0 Å². The van der Waals surface area contributed by atoms with E-state index in [1.807, 2.05) is 66.7 Å². The van der Waals surface area contributed by atoms with Crippen LogP contribution in [0.15, 0.2) is 101 Å². The molecule has 0 bridgehead atoms. The third-order valence-electron chi connectivity index (χ3n) is 7.85. The summed E-state index contributed by atoms with van der Waals surface area (Å²) in [7, 11) is 3.06. The van der Waals surface area contributed by atoms with Crippen molar-refractivity contribution in [3.8, 4) is 11.5 Å². The second-order valence-electron chi connectivity index (χ2n) is 9.89. The molecule has 5 rings (SSSR count). The van der Waals surface area contributed by atoms with Gasteiger partial charge in [0.2, 0.25) is 0 Å². The molecule has 1 fully saturated rings. The molecule has 1 aliphatic rings. The average Bonchev–Trinajstić information content (AvgIpc) is 3.28. The first-order chi connectivity index (χ1) is 20.2. The van der Waals surface area contributed by atoms with Crippen LogP contribution in [0.2, 0.25) is 5.82 Å². The van der Waals surface area contributed by atoms with Crippen LogP contribution in [0.25, 0.3) is 0 Å². The second-order valence-corrected chi connectivity index (χ2v) is 12.1. The molecule has 0 aliphatic carbocycles. The molecule has 4 N–H and O–H groups in total. The number of aliphatic hydroxyl groups is 3. The summed E-state index contributed by atoms with van der Waals surface area (Å²) in [6.07, 6.45) is -4.82. The summed E-state index contributed by atoms with van der Waals surface area (Å²) in [5, 5.41) is 36.2. The zero-order valence-corrected chi connectivity index (χ0v) is 24.9. The van der Waals surface area contributed by atoms with Crippen molar-refractivity contribution in [1.29, 1.82) is 0 Å². The van der Waals surface area contributed by atoms with Crippen LogP contribution in [-0.4, -0.2) is 76.9 Å². The monoisotopic (exact) mass is 640 g/mol. The molecule has 5 atom stereocenters. The Balaban J connectivity index is 1.81. The standard InChI is InChI=1S/C31H32N2O8Se/c1-39-22-15-9-7-13-20(22)30(19-11-5-4-6-12-19,21-14-8-10-16-23(21)40-2)26(35)25-27(36)31(38,42-3)28(41-25)33-18-17-24(34)32-29(33)37/h4-18,25-28,35-36,38H,1-3H3,(H,32,34,37)/t25-,26?,27-,28-,31+/m1/s1. The fourth-order valence-electron chi connectivity index (χ4n) is 5.88. The fraction of sp³-hybridized carbons (Fsp3) is 0.290. The van der Waals surface area contributed by atoms with E-state index >= 15 is 0 Å². The van der Waals surface area contributed by atoms with Gasteiger partial charge in [-0.3, -0.25) is 0 Å². The van der Waals surface area contributed by atoms with Crippen molar-refractivity contribution in [2.75, 3.05) is 14.2 Å². The van der Waals surface area contributed by atoms with Crippen LogP contribution < -0.4 is 20.7 Å². The van der Waals surface area contributed by atoms with E-state index < -0.39 is 60.7 Å². The topological polar surface area (TPSA) is 143 Å². The predicted molar refractivity (Wildman–Crippen MR) is 156 cm³/mol.